The monoisotopic (exact) mass is 309 g/mol. The van der Waals surface area contributed by atoms with Gasteiger partial charge in [0.15, 0.2) is 0 Å². The van der Waals surface area contributed by atoms with Crippen molar-refractivity contribution in [3.8, 4) is 0 Å². The van der Waals surface area contributed by atoms with E-state index in [0.29, 0.717) is 9.77 Å². The lowest BCUT2D eigenvalue weighted by Gasteiger charge is -2.11. The van der Waals surface area contributed by atoms with E-state index in [1.807, 2.05) is 13.8 Å². The highest BCUT2D eigenvalue weighted by Crippen LogP contribution is 2.17. The highest BCUT2D eigenvalue weighted by Gasteiger charge is 2.15. The molecular weight excluding hydrogens is 298 g/mol. The van der Waals surface area contributed by atoms with E-state index in [4.69, 9.17) is 0 Å². The number of halogens is 1. The van der Waals surface area contributed by atoms with E-state index >= 15 is 0 Å². The Morgan fingerprint density at radius 2 is 2.06 bits per heavy atom. The van der Waals surface area contributed by atoms with Gasteiger partial charge in [-0.2, -0.15) is 5.10 Å². The number of hydrogen-bond donors (Lipinski definition) is 1. The van der Waals surface area contributed by atoms with E-state index in [9.17, 15) is 13.2 Å². The molecule has 16 heavy (non-hydrogen) atoms. The molecule has 0 unspecified atom stereocenters. The largest absolute Gasteiger partial charge is 0.380 e. The van der Waals surface area contributed by atoms with Crippen molar-refractivity contribution in [1.29, 1.82) is 0 Å². The lowest BCUT2D eigenvalue weighted by molar-refractivity contribution is 0.581. The van der Waals surface area contributed by atoms with E-state index in [1.54, 1.807) is 0 Å². The van der Waals surface area contributed by atoms with Crippen molar-refractivity contribution >= 4 is 31.6 Å². The second-order valence-corrected chi connectivity index (χ2v) is 6.19. The van der Waals surface area contributed by atoms with Gasteiger partial charge in [0.1, 0.15) is 4.47 Å². The summed E-state index contributed by atoms with van der Waals surface area (Å²) in [6.45, 7) is 3.79. The second kappa shape index (κ2) is 4.54. The third-order valence-electron chi connectivity index (χ3n) is 1.65. The fourth-order valence-corrected chi connectivity index (χ4v) is 2.18. The SMILES string of the molecule is CC(C)Nc1cnn(S(C)(=O)=O)c(=O)c1Br. The molecule has 1 heterocycles. The second-order valence-electron chi connectivity index (χ2n) is 3.58. The molecule has 0 aromatic carbocycles. The maximum absolute atomic E-state index is 11.7. The first-order valence-corrected chi connectivity index (χ1v) is 7.12. The standard InChI is InChI=1S/C8H12BrN3O3S/c1-5(2)11-6-4-10-12(16(3,14)15)8(13)7(6)9/h4-5,11H,1-3H3. The Morgan fingerprint density at radius 1 is 1.50 bits per heavy atom. The van der Waals surface area contributed by atoms with Crippen LogP contribution in [0.5, 0.6) is 0 Å². The van der Waals surface area contributed by atoms with Crippen molar-refractivity contribution in [3.05, 3.63) is 21.0 Å². The maximum Gasteiger partial charge on any atom is 0.297 e. The first-order valence-electron chi connectivity index (χ1n) is 4.48. The molecule has 0 atom stereocenters. The molecule has 0 fully saturated rings. The van der Waals surface area contributed by atoms with Crippen LogP contribution in [0.3, 0.4) is 0 Å². The highest BCUT2D eigenvalue weighted by molar-refractivity contribution is 9.10. The molecule has 0 amide bonds. The number of nitrogens with zero attached hydrogens (tertiary/aromatic N) is 2. The highest BCUT2D eigenvalue weighted by atomic mass is 79.9. The number of hydrogen-bond acceptors (Lipinski definition) is 5. The third kappa shape index (κ3) is 2.82. The van der Waals surface area contributed by atoms with Gasteiger partial charge in [-0.05, 0) is 29.8 Å². The Labute approximate surface area is 102 Å². The maximum atomic E-state index is 11.7. The summed E-state index contributed by atoms with van der Waals surface area (Å²) in [6, 6.07) is 0.117. The molecule has 0 aliphatic heterocycles. The normalized spacial score (nSPS) is 11.8. The summed E-state index contributed by atoms with van der Waals surface area (Å²) < 4.78 is 23.0. The van der Waals surface area contributed by atoms with Gasteiger partial charge in [0, 0.05) is 6.04 Å². The molecule has 0 radical (unpaired) electrons. The minimum absolute atomic E-state index is 0.117. The van der Waals surface area contributed by atoms with Crippen LogP contribution in [-0.4, -0.2) is 29.9 Å². The van der Waals surface area contributed by atoms with E-state index in [0.717, 1.165) is 6.26 Å². The molecule has 1 N–H and O–H groups in total. The molecule has 1 aromatic rings. The predicted molar refractivity (Wildman–Crippen MR) is 65.2 cm³/mol. The lowest BCUT2D eigenvalue weighted by atomic mass is 10.3. The number of nitrogens with one attached hydrogen (secondary N) is 1. The smallest absolute Gasteiger partial charge is 0.297 e. The number of aromatic nitrogens is 2. The summed E-state index contributed by atoms with van der Waals surface area (Å²) in [6.07, 6.45) is 2.22. The molecule has 0 spiro atoms. The molecule has 0 aliphatic rings. The van der Waals surface area contributed by atoms with Gasteiger partial charge in [0.25, 0.3) is 15.6 Å². The van der Waals surface area contributed by atoms with Gasteiger partial charge in [0.2, 0.25) is 0 Å². The minimum Gasteiger partial charge on any atom is -0.380 e. The van der Waals surface area contributed by atoms with E-state index in [-0.39, 0.29) is 10.5 Å². The Kier molecular flexibility index (Phi) is 3.74. The van der Waals surface area contributed by atoms with Crippen LogP contribution in [0.25, 0.3) is 0 Å². The summed E-state index contributed by atoms with van der Waals surface area (Å²) in [5.41, 5.74) is -0.229. The fraction of sp³-hybridized carbons (Fsp3) is 0.500. The van der Waals surface area contributed by atoms with Crippen LogP contribution in [0.15, 0.2) is 15.5 Å². The van der Waals surface area contributed by atoms with Gasteiger partial charge in [-0.25, -0.2) is 8.42 Å². The van der Waals surface area contributed by atoms with Gasteiger partial charge >= 0.3 is 0 Å². The summed E-state index contributed by atoms with van der Waals surface area (Å²) in [4.78, 5) is 11.7. The molecule has 90 valence electrons. The Bertz CT molecular complexity index is 550. The first kappa shape index (κ1) is 13.2. The number of anilines is 1. The van der Waals surface area contributed by atoms with Crippen LogP contribution in [0.1, 0.15) is 13.8 Å². The summed E-state index contributed by atoms with van der Waals surface area (Å²) in [7, 11) is -3.67. The Balaban J connectivity index is 3.36. The predicted octanol–water partition coefficient (Wildman–Crippen LogP) is 0.634. The molecular formula is C8H12BrN3O3S. The van der Waals surface area contributed by atoms with Gasteiger partial charge < -0.3 is 5.32 Å². The molecule has 0 bridgehead atoms. The Hall–Kier alpha value is -0.890. The average molecular weight is 310 g/mol. The van der Waals surface area contributed by atoms with Crippen LogP contribution in [-0.2, 0) is 10.0 Å². The zero-order valence-electron chi connectivity index (χ0n) is 9.06. The third-order valence-corrected chi connectivity index (χ3v) is 3.30. The van der Waals surface area contributed by atoms with Crippen molar-refractivity contribution in [2.45, 2.75) is 19.9 Å². The molecule has 1 aromatic heterocycles. The van der Waals surface area contributed by atoms with E-state index in [1.165, 1.54) is 6.20 Å². The lowest BCUT2D eigenvalue weighted by Crippen LogP contribution is -2.30. The van der Waals surface area contributed by atoms with Gasteiger partial charge in [-0.15, -0.1) is 4.09 Å². The van der Waals surface area contributed by atoms with Crippen molar-refractivity contribution < 1.29 is 8.42 Å². The van der Waals surface area contributed by atoms with Gasteiger partial charge in [-0.3, -0.25) is 4.79 Å². The van der Waals surface area contributed by atoms with E-state index < -0.39 is 15.6 Å². The molecule has 0 aliphatic carbocycles. The summed E-state index contributed by atoms with van der Waals surface area (Å²) in [5.74, 6) is 0. The van der Waals surface area contributed by atoms with Gasteiger partial charge in [0.05, 0.1) is 18.1 Å². The quantitative estimate of drug-likeness (QED) is 0.886. The van der Waals surface area contributed by atoms with Crippen molar-refractivity contribution in [3.63, 3.8) is 0 Å². The van der Waals surface area contributed by atoms with Crippen LogP contribution in [0.2, 0.25) is 0 Å². The van der Waals surface area contributed by atoms with Gasteiger partial charge in [-0.1, -0.05) is 0 Å². The van der Waals surface area contributed by atoms with Crippen molar-refractivity contribution in [1.82, 2.24) is 9.19 Å². The Morgan fingerprint density at radius 3 is 2.50 bits per heavy atom. The molecule has 6 nitrogen and oxygen atoms in total. The topological polar surface area (TPSA) is 81.1 Å². The number of rotatable bonds is 3. The van der Waals surface area contributed by atoms with Crippen LogP contribution in [0.4, 0.5) is 5.69 Å². The molecule has 0 saturated heterocycles. The fourth-order valence-electron chi connectivity index (χ4n) is 1.07. The zero-order valence-corrected chi connectivity index (χ0v) is 11.5. The van der Waals surface area contributed by atoms with Crippen LogP contribution < -0.4 is 10.9 Å². The molecule has 8 heteroatoms. The van der Waals surface area contributed by atoms with E-state index in [2.05, 4.69) is 26.3 Å². The molecule has 1 rings (SSSR count). The minimum atomic E-state index is -3.67. The molecule has 0 saturated carbocycles. The summed E-state index contributed by atoms with van der Waals surface area (Å²) in [5, 5.41) is 6.56. The summed E-state index contributed by atoms with van der Waals surface area (Å²) >= 11 is 3.05. The van der Waals surface area contributed by atoms with Crippen LogP contribution in [0, 0.1) is 0 Å². The average Bonchev–Trinajstić information content (AvgIpc) is 2.10. The first-order chi connectivity index (χ1) is 7.23. The van der Waals surface area contributed by atoms with Crippen molar-refractivity contribution in [2.24, 2.45) is 0 Å². The van der Waals surface area contributed by atoms with Crippen LogP contribution >= 0.6 is 15.9 Å². The van der Waals surface area contributed by atoms with Crippen molar-refractivity contribution in [2.75, 3.05) is 11.6 Å². The zero-order chi connectivity index (χ0) is 12.5.